The third-order valence-electron chi connectivity index (χ3n) is 5.67. The molecule has 4 rings (SSSR count). The van der Waals surface area contributed by atoms with Gasteiger partial charge in [0.1, 0.15) is 5.82 Å². The van der Waals surface area contributed by atoms with Gasteiger partial charge in [-0.1, -0.05) is 0 Å². The molecule has 1 N–H and O–H groups in total. The number of carbonyl (C=O) groups excluding carboxylic acids is 1. The van der Waals surface area contributed by atoms with E-state index in [2.05, 4.69) is 9.84 Å². The topological polar surface area (TPSA) is 67.6 Å². The lowest BCUT2D eigenvalue weighted by molar-refractivity contribution is -0.293. The number of hydrogen-bond donors (Lipinski definition) is 1. The van der Waals surface area contributed by atoms with Crippen molar-refractivity contribution in [3.8, 4) is 5.69 Å². The molecule has 1 unspecified atom stereocenters. The number of halogens is 7. The number of alkyl halides is 6. The molecule has 1 aliphatic heterocycles. The smallest absolute Gasteiger partial charge is 0.428 e. The number of hydrogen-bond acceptors (Lipinski definition) is 4. The first kappa shape index (κ1) is 22.4. The van der Waals surface area contributed by atoms with Crippen molar-refractivity contribution in [3.05, 3.63) is 48.0 Å². The van der Waals surface area contributed by atoms with Gasteiger partial charge in [0.15, 0.2) is 6.10 Å². The summed E-state index contributed by atoms with van der Waals surface area (Å²) in [7, 11) is 0. The molecule has 6 nitrogen and oxygen atoms in total. The third-order valence-corrected chi connectivity index (χ3v) is 5.67. The lowest BCUT2D eigenvalue weighted by Crippen LogP contribution is -2.52. The maximum atomic E-state index is 13.0. The van der Waals surface area contributed by atoms with Crippen molar-refractivity contribution in [1.82, 2.24) is 14.7 Å². The van der Waals surface area contributed by atoms with Crippen LogP contribution in [0.1, 0.15) is 11.6 Å². The van der Waals surface area contributed by atoms with Gasteiger partial charge in [-0.15, -0.1) is 0 Å². The Bertz CT molecular complexity index is 977. The summed E-state index contributed by atoms with van der Waals surface area (Å²) in [6.07, 6.45) is -18.7. The Labute approximate surface area is 176 Å². The monoisotopic (exact) mass is 467 g/mol. The Morgan fingerprint density at radius 3 is 2.16 bits per heavy atom. The third kappa shape index (κ3) is 4.25. The highest BCUT2D eigenvalue weighted by atomic mass is 19.4. The maximum Gasteiger partial charge on any atom is 0.428 e. The van der Waals surface area contributed by atoms with E-state index >= 15 is 0 Å². The van der Waals surface area contributed by atoms with Crippen molar-refractivity contribution in [2.75, 3.05) is 13.1 Å². The van der Waals surface area contributed by atoms with Gasteiger partial charge in [0.25, 0.3) is 0 Å². The van der Waals surface area contributed by atoms with E-state index in [0.717, 1.165) is 4.90 Å². The molecule has 2 fully saturated rings. The second-order valence-corrected chi connectivity index (χ2v) is 7.75. The first-order valence-corrected chi connectivity index (χ1v) is 9.45. The lowest BCUT2D eigenvalue weighted by atomic mass is 10.2. The predicted molar refractivity (Wildman–Crippen MR) is 93.2 cm³/mol. The zero-order valence-corrected chi connectivity index (χ0v) is 16.0. The van der Waals surface area contributed by atoms with Crippen LogP contribution in [0.15, 0.2) is 36.5 Å². The maximum absolute atomic E-state index is 13.0. The van der Waals surface area contributed by atoms with Crippen molar-refractivity contribution in [1.29, 1.82) is 0 Å². The Balaban J connectivity index is 1.37. The van der Waals surface area contributed by atoms with Crippen molar-refractivity contribution < 1.29 is 45.4 Å². The van der Waals surface area contributed by atoms with Gasteiger partial charge in [0, 0.05) is 25.2 Å². The molecular formula is C19H16F7N3O3. The SMILES string of the molecule is O=C(O[C@@H]([C@@H](O)C(F)(F)F)C(F)(F)F)N1C[C@@H]2C(c3ccn(-c4ccc(F)cc4)n3)[C@@H]2C1. The Morgan fingerprint density at radius 1 is 1.03 bits per heavy atom. The summed E-state index contributed by atoms with van der Waals surface area (Å²) in [5, 5.41) is 13.4. The molecule has 32 heavy (non-hydrogen) atoms. The van der Waals surface area contributed by atoms with E-state index in [1.54, 1.807) is 12.3 Å². The molecule has 1 aromatic carbocycles. The van der Waals surface area contributed by atoms with Gasteiger partial charge < -0.3 is 14.7 Å². The van der Waals surface area contributed by atoms with Crippen molar-refractivity contribution in [3.63, 3.8) is 0 Å². The number of nitrogens with zero attached hydrogens (tertiary/aromatic N) is 3. The molecule has 1 saturated heterocycles. The number of aliphatic hydroxyl groups excluding tert-OH is 1. The van der Waals surface area contributed by atoms with Crippen LogP contribution in [0.5, 0.6) is 0 Å². The lowest BCUT2D eigenvalue weighted by Gasteiger charge is -2.29. The first-order valence-electron chi connectivity index (χ1n) is 9.45. The number of rotatable bonds is 4. The van der Waals surface area contributed by atoms with Gasteiger partial charge in [0.05, 0.1) is 11.4 Å². The normalized spacial score (nSPS) is 24.8. The van der Waals surface area contributed by atoms with Crippen molar-refractivity contribution in [2.24, 2.45) is 11.8 Å². The highest BCUT2D eigenvalue weighted by Gasteiger charge is 2.61. The first-order chi connectivity index (χ1) is 14.9. The minimum atomic E-state index is -5.61. The average Bonchev–Trinajstić information content (AvgIpc) is 3.07. The number of aromatic nitrogens is 2. The van der Waals surface area contributed by atoms with E-state index in [0.29, 0.717) is 11.4 Å². The molecular weight excluding hydrogens is 451 g/mol. The van der Waals surface area contributed by atoms with Crippen LogP contribution in [0.25, 0.3) is 5.69 Å². The summed E-state index contributed by atoms with van der Waals surface area (Å²) in [4.78, 5) is 12.9. The molecule has 5 atom stereocenters. The van der Waals surface area contributed by atoms with Gasteiger partial charge in [-0.2, -0.15) is 31.4 Å². The minimum Gasteiger partial charge on any atom is -0.433 e. The second kappa shape index (κ2) is 7.64. The van der Waals surface area contributed by atoms with Gasteiger partial charge in [-0.25, -0.2) is 13.9 Å². The molecule has 13 heteroatoms. The van der Waals surface area contributed by atoms with E-state index in [1.807, 2.05) is 0 Å². The molecule has 2 heterocycles. The summed E-state index contributed by atoms with van der Waals surface area (Å²) in [6, 6.07) is 7.34. The van der Waals surface area contributed by atoms with Gasteiger partial charge in [0.2, 0.25) is 6.10 Å². The molecule has 0 bridgehead atoms. The van der Waals surface area contributed by atoms with Crippen LogP contribution in [-0.4, -0.2) is 63.5 Å². The second-order valence-electron chi connectivity index (χ2n) is 7.75. The van der Waals surface area contributed by atoms with E-state index in [9.17, 15) is 35.5 Å². The summed E-state index contributed by atoms with van der Waals surface area (Å²) in [6.45, 7) is -0.0193. The fraction of sp³-hybridized carbons (Fsp3) is 0.474. The predicted octanol–water partition coefficient (Wildman–Crippen LogP) is 3.65. The van der Waals surface area contributed by atoms with E-state index < -0.39 is 36.5 Å². The molecule has 1 aromatic heterocycles. The molecule has 0 radical (unpaired) electrons. The Morgan fingerprint density at radius 2 is 1.62 bits per heavy atom. The van der Waals surface area contributed by atoms with Crippen LogP contribution in [0, 0.1) is 17.7 Å². The number of ether oxygens (including phenoxy) is 1. The molecule has 1 aliphatic carbocycles. The fourth-order valence-corrected chi connectivity index (χ4v) is 4.03. The van der Waals surface area contributed by atoms with Crippen LogP contribution in [-0.2, 0) is 4.74 Å². The summed E-state index contributed by atoms with van der Waals surface area (Å²) in [5.74, 6) is -0.729. The van der Waals surface area contributed by atoms with Crippen LogP contribution in [0.2, 0.25) is 0 Å². The van der Waals surface area contributed by atoms with E-state index in [-0.39, 0.29) is 30.8 Å². The fourth-order valence-electron chi connectivity index (χ4n) is 4.03. The van der Waals surface area contributed by atoms with Crippen LogP contribution in [0.4, 0.5) is 35.5 Å². The quantitative estimate of drug-likeness (QED) is 0.698. The van der Waals surface area contributed by atoms with Crippen molar-refractivity contribution >= 4 is 6.09 Å². The number of likely N-dealkylation sites (tertiary alicyclic amines) is 1. The van der Waals surface area contributed by atoms with Crippen molar-refractivity contribution in [2.45, 2.75) is 30.5 Å². The average molecular weight is 467 g/mol. The summed E-state index contributed by atoms with van der Waals surface area (Å²) in [5.41, 5.74) is 1.30. The Hall–Kier alpha value is -2.83. The summed E-state index contributed by atoms with van der Waals surface area (Å²) < 4.78 is 94.9. The Kier molecular flexibility index (Phi) is 5.34. The molecule has 2 aromatic rings. The number of piperidine rings is 1. The molecule has 0 spiro atoms. The highest BCUT2D eigenvalue weighted by Crippen LogP contribution is 2.57. The number of fused-ring (bicyclic) bond motifs is 1. The largest absolute Gasteiger partial charge is 0.433 e. The number of carbonyl (C=O) groups is 1. The van der Waals surface area contributed by atoms with Crippen LogP contribution in [0.3, 0.4) is 0 Å². The number of amides is 1. The highest BCUT2D eigenvalue weighted by molar-refractivity contribution is 5.69. The molecule has 1 saturated carbocycles. The zero-order chi connectivity index (χ0) is 23.4. The van der Waals surface area contributed by atoms with Gasteiger partial charge >= 0.3 is 18.4 Å². The number of aliphatic hydroxyl groups is 1. The van der Waals surface area contributed by atoms with E-state index in [4.69, 9.17) is 5.11 Å². The van der Waals surface area contributed by atoms with E-state index in [1.165, 1.54) is 28.9 Å². The summed E-state index contributed by atoms with van der Waals surface area (Å²) >= 11 is 0. The van der Waals surface area contributed by atoms with Gasteiger partial charge in [-0.05, 0) is 42.2 Å². The van der Waals surface area contributed by atoms with Crippen LogP contribution >= 0.6 is 0 Å². The minimum absolute atomic E-state index is 0.00966. The molecule has 174 valence electrons. The zero-order valence-electron chi connectivity index (χ0n) is 16.0. The number of benzene rings is 1. The standard InChI is InChI=1S/C19H16F7N3O3/c20-9-1-3-10(4-2-9)29-6-5-13(27-29)14-11-7-28(8-12(11)14)17(31)32-16(19(24,25)26)15(30)18(21,22)23/h1-6,11-12,14-16,30H,7-8H2/t11-,12+,14?,15-,16+/m1/s1. The van der Waals surface area contributed by atoms with Gasteiger partial charge in [-0.3, -0.25) is 0 Å². The molecule has 2 aliphatic rings. The molecule has 1 amide bonds. The van der Waals surface area contributed by atoms with Crippen LogP contribution < -0.4 is 0 Å².